The number of carbonyl (C=O) groups is 2. The maximum Gasteiger partial charge on any atom is 0.151 e. The van der Waals surface area contributed by atoms with Crippen LogP contribution in [0.15, 0.2) is 12.1 Å². The fraction of sp³-hybridized carbons (Fsp3) is 0.429. The highest BCUT2D eigenvalue weighted by atomic mass is 16.1. The number of rotatable bonds is 8. The lowest BCUT2D eigenvalue weighted by atomic mass is 9.81. The van der Waals surface area contributed by atoms with E-state index in [4.69, 9.17) is 0 Å². The molecule has 30 heavy (non-hydrogen) atoms. The quantitative estimate of drug-likeness (QED) is 0.300. The molecule has 3 rings (SSSR count). The molecule has 0 aliphatic heterocycles. The Kier molecular flexibility index (Phi) is 6.75. The van der Waals surface area contributed by atoms with E-state index in [1.807, 2.05) is 0 Å². The second-order valence-electron chi connectivity index (χ2n) is 8.00. The largest absolute Gasteiger partial charge is 0.298 e. The molecule has 0 bridgehead atoms. The lowest BCUT2D eigenvalue weighted by Crippen LogP contribution is -2.07. The van der Waals surface area contributed by atoms with E-state index in [-0.39, 0.29) is 0 Å². The molecule has 0 fully saturated rings. The van der Waals surface area contributed by atoms with Gasteiger partial charge < -0.3 is 0 Å². The van der Waals surface area contributed by atoms with Gasteiger partial charge in [0.25, 0.3) is 0 Å². The molecular formula is C28H34O2. The fourth-order valence-electron chi connectivity index (χ4n) is 5.60. The Labute approximate surface area is 180 Å². The van der Waals surface area contributed by atoms with Crippen LogP contribution < -0.4 is 0 Å². The van der Waals surface area contributed by atoms with Crippen molar-refractivity contribution in [2.75, 3.05) is 0 Å². The number of fused-ring (bicyclic) bond motifs is 2. The minimum Gasteiger partial charge on any atom is -0.298 e. The molecule has 0 unspecified atom stereocenters. The van der Waals surface area contributed by atoms with Gasteiger partial charge in [-0.3, -0.25) is 9.59 Å². The van der Waals surface area contributed by atoms with Crippen LogP contribution in [0.25, 0.3) is 21.5 Å². The Bertz CT molecular complexity index is 1050. The van der Waals surface area contributed by atoms with Crippen molar-refractivity contribution < 1.29 is 9.59 Å². The highest BCUT2D eigenvalue weighted by molar-refractivity contribution is 6.10. The maximum atomic E-state index is 12.0. The van der Waals surface area contributed by atoms with Gasteiger partial charge in [-0.1, -0.05) is 41.5 Å². The lowest BCUT2D eigenvalue weighted by molar-refractivity contribution is 0.109. The smallest absolute Gasteiger partial charge is 0.151 e. The summed E-state index contributed by atoms with van der Waals surface area (Å²) in [5, 5.41) is 4.92. The van der Waals surface area contributed by atoms with Crippen molar-refractivity contribution in [1.29, 1.82) is 0 Å². The Morgan fingerprint density at radius 2 is 0.733 bits per heavy atom. The van der Waals surface area contributed by atoms with E-state index in [9.17, 15) is 9.59 Å². The van der Waals surface area contributed by atoms with Crippen LogP contribution in [0.5, 0.6) is 0 Å². The highest BCUT2D eigenvalue weighted by Gasteiger charge is 2.21. The number of hydrogen-bond acceptors (Lipinski definition) is 2. The molecular weight excluding hydrogens is 368 g/mol. The van der Waals surface area contributed by atoms with Gasteiger partial charge in [-0.2, -0.15) is 0 Å². The third-order valence-corrected chi connectivity index (χ3v) is 6.85. The van der Waals surface area contributed by atoms with E-state index in [0.29, 0.717) is 11.1 Å². The van der Waals surface area contributed by atoms with Gasteiger partial charge in [-0.25, -0.2) is 0 Å². The predicted molar refractivity (Wildman–Crippen MR) is 128 cm³/mol. The fourth-order valence-corrected chi connectivity index (χ4v) is 5.60. The first-order valence-electron chi connectivity index (χ1n) is 11.6. The van der Waals surface area contributed by atoms with E-state index >= 15 is 0 Å². The summed E-state index contributed by atoms with van der Waals surface area (Å²) in [6, 6.07) is 4.64. The first-order chi connectivity index (χ1) is 14.6. The lowest BCUT2D eigenvalue weighted by Gasteiger charge is -2.23. The van der Waals surface area contributed by atoms with Gasteiger partial charge in [0, 0.05) is 11.1 Å². The van der Waals surface area contributed by atoms with Crippen LogP contribution in [0.3, 0.4) is 0 Å². The van der Waals surface area contributed by atoms with Crippen LogP contribution >= 0.6 is 0 Å². The summed E-state index contributed by atoms with van der Waals surface area (Å²) in [5.41, 5.74) is 9.02. The first-order valence-corrected chi connectivity index (χ1v) is 11.6. The molecule has 0 aliphatic carbocycles. The van der Waals surface area contributed by atoms with Crippen LogP contribution in [-0.2, 0) is 38.5 Å². The number of aldehydes is 2. The Balaban J connectivity index is 2.69. The summed E-state index contributed by atoms with van der Waals surface area (Å²) in [7, 11) is 0. The highest BCUT2D eigenvalue weighted by Crippen LogP contribution is 2.39. The zero-order valence-electron chi connectivity index (χ0n) is 19.4. The Hall–Kier alpha value is -2.48. The van der Waals surface area contributed by atoms with Gasteiger partial charge in [-0.05, 0) is 106 Å². The van der Waals surface area contributed by atoms with E-state index in [2.05, 4.69) is 53.7 Å². The van der Waals surface area contributed by atoms with Crippen LogP contribution in [0.2, 0.25) is 0 Å². The standard InChI is InChI=1S/C28H34O2/c1-7-17-18(8-2)20(10-4)24-14-26-22(12-6)28(16-30)27(15-29)21(11-5)25(26)13-23(24)19(17)9-3/h13-16H,7-12H2,1-6H3. The van der Waals surface area contributed by atoms with Gasteiger partial charge in [0.05, 0.1) is 0 Å². The second-order valence-corrected chi connectivity index (χ2v) is 8.00. The van der Waals surface area contributed by atoms with Crippen molar-refractivity contribution >= 4 is 34.1 Å². The van der Waals surface area contributed by atoms with Gasteiger partial charge in [0.15, 0.2) is 12.6 Å². The molecule has 0 heterocycles. The zero-order valence-corrected chi connectivity index (χ0v) is 19.4. The van der Waals surface area contributed by atoms with Crippen molar-refractivity contribution in [1.82, 2.24) is 0 Å². The van der Waals surface area contributed by atoms with E-state index in [1.165, 1.54) is 33.0 Å². The molecule has 0 spiro atoms. The van der Waals surface area contributed by atoms with Gasteiger partial charge in [-0.15, -0.1) is 0 Å². The van der Waals surface area contributed by atoms with E-state index in [1.54, 1.807) is 0 Å². The number of carbonyl (C=O) groups excluding carboxylic acids is 2. The van der Waals surface area contributed by atoms with E-state index in [0.717, 1.165) is 73.0 Å². The molecule has 0 radical (unpaired) electrons. The number of benzene rings is 3. The molecule has 2 nitrogen and oxygen atoms in total. The van der Waals surface area contributed by atoms with Gasteiger partial charge >= 0.3 is 0 Å². The van der Waals surface area contributed by atoms with Crippen LogP contribution in [0, 0.1) is 0 Å². The third-order valence-electron chi connectivity index (χ3n) is 6.85. The predicted octanol–water partition coefficient (Wildman–Crippen LogP) is 6.99. The molecule has 0 N–H and O–H groups in total. The van der Waals surface area contributed by atoms with E-state index < -0.39 is 0 Å². The van der Waals surface area contributed by atoms with Gasteiger partial charge in [0.2, 0.25) is 0 Å². The van der Waals surface area contributed by atoms with Crippen molar-refractivity contribution in [2.24, 2.45) is 0 Å². The third kappa shape index (κ3) is 3.17. The molecule has 0 atom stereocenters. The average molecular weight is 403 g/mol. The normalized spacial score (nSPS) is 11.4. The summed E-state index contributed by atoms with van der Waals surface area (Å²) >= 11 is 0. The van der Waals surface area contributed by atoms with Gasteiger partial charge in [0.1, 0.15) is 0 Å². The molecule has 2 heteroatoms. The number of aryl methyl sites for hydroxylation is 4. The monoisotopic (exact) mass is 402 g/mol. The molecule has 0 aliphatic rings. The number of hydrogen-bond donors (Lipinski definition) is 0. The molecule has 3 aromatic rings. The summed E-state index contributed by atoms with van der Waals surface area (Å²) in [6.45, 7) is 13.1. The SMILES string of the molecule is CCc1c(CC)c(CC)c2cc3c(CC)c(C=O)c(C=O)c(CC)c3cc2c1CC. The Morgan fingerprint density at radius 3 is 0.967 bits per heavy atom. The molecule has 0 amide bonds. The summed E-state index contributed by atoms with van der Waals surface area (Å²) in [4.78, 5) is 24.0. The minimum atomic E-state index is 0.575. The molecule has 0 saturated carbocycles. The second kappa shape index (κ2) is 9.12. The topological polar surface area (TPSA) is 34.1 Å². The van der Waals surface area contributed by atoms with Crippen molar-refractivity contribution in [3.63, 3.8) is 0 Å². The summed E-state index contributed by atoms with van der Waals surface area (Å²) < 4.78 is 0. The van der Waals surface area contributed by atoms with Crippen LogP contribution in [-0.4, -0.2) is 12.6 Å². The van der Waals surface area contributed by atoms with Crippen molar-refractivity contribution in [3.8, 4) is 0 Å². The van der Waals surface area contributed by atoms with Crippen LogP contribution in [0.1, 0.15) is 95.6 Å². The zero-order chi connectivity index (χ0) is 22.0. The molecule has 3 aromatic carbocycles. The summed E-state index contributed by atoms with van der Waals surface area (Å²) in [5.74, 6) is 0. The minimum absolute atomic E-state index is 0.575. The first kappa shape index (κ1) is 22.2. The van der Waals surface area contributed by atoms with Crippen LogP contribution in [0.4, 0.5) is 0 Å². The van der Waals surface area contributed by atoms with Crippen molar-refractivity contribution in [2.45, 2.75) is 80.1 Å². The average Bonchev–Trinajstić information content (AvgIpc) is 2.79. The summed E-state index contributed by atoms with van der Waals surface area (Å²) in [6.07, 6.45) is 7.29. The molecule has 158 valence electrons. The van der Waals surface area contributed by atoms with Crippen molar-refractivity contribution in [3.05, 3.63) is 56.6 Å². The molecule has 0 saturated heterocycles. The Morgan fingerprint density at radius 1 is 0.467 bits per heavy atom. The molecule has 0 aromatic heterocycles. The maximum absolute atomic E-state index is 12.0.